The summed E-state index contributed by atoms with van der Waals surface area (Å²) in [6.45, 7) is -2.12. The molecule has 0 spiro atoms. The second-order valence-corrected chi connectivity index (χ2v) is 10.00. The third-order valence-electron chi connectivity index (χ3n) is 3.51. The fraction of sp³-hybridized carbons (Fsp3) is 0. The Hall–Kier alpha value is -1.81. The van der Waals surface area contributed by atoms with Gasteiger partial charge in [0, 0.05) is 0 Å². The molecule has 1 nitrogen and oxygen atoms in total. The molecule has 0 amide bonds. The van der Waals surface area contributed by atoms with Gasteiger partial charge >= 0.3 is 8.15 Å². The van der Waals surface area contributed by atoms with Crippen molar-refractivity contribution >= 4 is 31.0 Å². The van der Waals surface area contributed by atoms with Crippen molar-refractivity contribution in [1.82, 2.24) is 0 Å². The highest BCUT2D eigenvalue weighted by Crippen LogP contribution is 2.66. The van der Waals surface area contributed by atoms with E-state index >= 15 is 0 Å². The maximum atomic E-state index is 12.4. The van der Waals surface area contributed by atoms with E-state index in [-0.39, 0.29) is 8.15 Å². The zero-order valence-electron chi connectivity index (χ0n) is 11.5. The van der Waals surface area contributed by atoms with Crippen molar-refractivity contribution in [3.8, 4) is 0 Å². The Morgan fingerprint density at radius 3 is 1.05 bits per heavy atom. The van der Waals surface area contributed by atoms with Gasteiger partial charge in [0.2, 0.25) is 6.95 Å². The van der Waals surface area contributed by atoms with Crippen LogP contribution in [0.5, 0.6) is 0 Å². The fourth-order valence-electron chi connectivity index (χ4n) is 2.52. The average Bonchev–Trinajstić information content (AvgIpc) is 2.59. The molecule has 0 heterocycles. The van der Waals surface area contributed by atoms with Crippen molar-refractivity contribution in [2.75, 3.05) is 0 Å². The van der Waals surface area contributed by atoms with E-state index in [9.17, 15) is 4.57 Å². The van der Waals surface area contributed by atoms with Crippen LogP contribution in [0.25, 0.3) is 0 Å². The first-order chi connectivity index (χ1) is 10.4. The van der Waals surface area contributed by atoms with Crippen LogP contribution in [-0.2, 0) is 4.57 Å². The molecule has 0 saturated carbocycles. The van der Waals surface area contributed by atoms with Crippen molar-refractivity contribution < 1.29 is 4.57 Å². The SMILES string of the molecule is O=P[P+](c1ccccc1)(c1ccccc1)c1ccccc1. The van der Waals surface area contributed by atoms with E-state index in [4.69, 9.17) is 0 Å². The van der Waals surface area contributed by atoms with Gasteiger partial charge in [-0.3, -0.25) is 0 Å². The molecule has 3 heteroatoms. The van der Waals surface area contributed by atoms with Crippen LogP contribution in [0, 0.1) is 0 Å². The summed E-state index contributed by atoms with van der Waals surface area (Å²) in [4.78, 5) is 0. The Kier molecular flexibility index (Phi) is 4.25. The summed E-state index contributed by atoms with van der Waals surface area (Å²) < 4.78 is 12.4. The molecule has 0 bridgehead atoms. The molecule has 0 fully saturated rings. The van der Waals surface area contributed by atoms with E-state index in [1.807, 2.05) is 54.6 Å². The van der Waals surface area contributed by atoms with Crippen LogP contribution in [0.2, 0.25) is 0 Å². The zero-order valence-corrected chi connectivity index (χ0v) is 13.3. The van der Waals surface area contributed by atoms with Crippen LogP contribution in [-0.4, -0.2) is 0 Å². The van der Waals surface area contributed by atoms with Gasteiger partial charge in [0.15, 0.2) is 0 Å². The molecular weight excluding hydrogens is 294 g/mol. The zero-order chi connectivity index (χ0) is 14.5. The van der Waals surface area contributed by atoms with Gasteiger partial charge in [-0.15, -0.1) is 0 Å². The lowest BCUT2D eigenvalue weighted by Gasteiger charge is -2.19. The van der Waals surface area contributed by atoms with Crippen molar-refractivity contribution in [3.63, 3.8) is 0 Å². The average molecular weight is 309 g/mol. The summed E-state index contributed by atoms with van der Waals surface area (Å²) in [5, 5.41) is 3.41. The minimum atomic E-state index is -2.12. The summed E-state index contributed by atoms with van der Waals surface area (Å²) in [7, 11) is 0.175. The maximum absolute atomic E-state index is 12.4. The molecule has 3 aromatic carbocycles. The topological polar surface area (TPSA) is 17.1 Å². The van der Waals surface area contributed by atoms with Gasteiger partial charge in [0.05, 0.1) is 0 Å². The van der Waals surface area contributed by atoms with E-state index < -0.39 is 6.95 Å². The normalized spacial score (nSPS) is 11.4. The van der Waals surface area contributed by atoms with Gasteiger partial charge in [-0.1, -0.05) is 54.6 Å². The smallest absolute Gasteiger partial charge is 0.225 e. The van der Waals surface area contributed by atoms with Gasteiger partial charge in [-0.25, -0.2) is 4.57 Å². The predicted molar refractivity (Wildman–Crippen MR) is 92.8 cm³/mol. The summed E-state index contributed by atoms with van der Waals surface area (Å²) in [6, 6.07) is 30.6. The predicted octanol–water partition coefficient (Wildman–Crippen LogP) is 4.19. The molecule has 0 atom stereocenters. The molecule has 102 valence electrons. The summed E-state index contributed by atoms with van der Waals surface area (Å²) >= 11 is 0. The molecule has 0 saturated heterocycles. The molecular formula is C18H15OP2+. The van der Waals surface area contributed by atoms with Gasteiger partial charge in [0.25, 0.3) is 0 Å². The van der Waals surface area contributed by atoms with E-state index in [0.717, 1.165) is 15.9 Å². The molecule has 0 aliphatic heterocycles. The van der Waals surface area contributed by atoms with Crippen molar-refractivity contribution in [1.29, 1.82) is 0 Å². The number of hydrogen-bond donors (Lipinski definition) is 0. The van der Waals surface area contributed by atoms with E-state index in [1.165, 1.54) is 0 Å². The second-order valence-electron chi connectivity index (χ2n) is 4.72. The van der Waals surface area contributed by atoms with Gasteiger partial charge in [-0.2, -0.15) is 0 Å². The van der Waals surface area contributed by atoms with Gasteiger partial charge < -0.3 is 0 Å². The first kappa shape index (κ1) is 14.1. The lowest BCUT2D eigenvalue weighted by atomic mass is 10.4. The minimum Gasteiger partial charge on any atom is -0.225 e. The number of rotatable bonds is 4. The molecule has 0 unspecified atom stereocenters. The maximum Gasteiger partial charge on any atom is 0.360 e. The largest absolute Gasteiger partial charge is 0.360 e. The Morgan fingerprint density at radius 2 is 0.810 bits per heavy atom. The van der Waals surface area contributed by atoms with Crippen LogP contribution >= 0.6 is 15.1 Å². The highest BCUT2D eigenvalue weighted by molar-refractivity contribution is 8.38. The Bertz CT molecular complexity index is 615. The Labute approximate surface area is 127 Å². The summed E-state index contributed by atoms with van der Waals surface area (Å²) in [5.41, 5.74) is 0. The van der Waals surface area contributed by atoms with E-state index in [1.54, 1.807) is 0 Å². The molecule has 0 radical (unpaired) electrons. The highest BCUT2D eigenvalue weighted by Gasteiger charge is 2.47. The van der Waals surface area contributed by atoms with E-state index in [0.29, 0.717) is 0 Å². The summed E-state index contributed by atoms with van der Waals surface area (Å²) in [5.74, 6) is 0. The quantitative estimate of drug-likeness (QED) is 0.661. The van der Waals surface area contributed by atoms with Crippen LogP contribution in [0.4, 0.5) is 0 Å². The Balaban J connectivity index is 2.31. The lowest BCUT2D eigenvalue weighted by molar-refractivity contribution is 0.605. The molecule has 3 rings (SSSR count). The Morgan fingerprint density at radius 1 is 0.524 bits per heavy atom. The van der Waals surface area contributed by atoms with Crippen LogP contribution < -0.4 is 15.9 Å². The van der Waals surface area contributed by atoms with Crippen LogP contribution in [0.15, 0.2) is 91.0 Å². The molecule has 21 heavy (non-hydrogen) atoms. The van der Waals surface area contributed by atoms with Crippen molar-refractivity contribution in [2.45, 2.75) is 0 Å². The fourth-order valence-corrected chi connectivity index (χ4v) is 7.56. The standard InChI is InChI=1S/C18H15OP2/c19-20-21(16-10-4-1-5-11-16,17-12-6-2-7-13-17)18-14-8-3-9-15-18/h1-15H/q+1. The molecule has 0 aliphatic rings. The highest BCUT2D eigenvalue weighted by atomic mass is 32.1. The lowest BCUT2D eigenvalue weighted by Crippen LogP contribution is -2.27. The monoisotopic (exact) mass is 309 g/mol. The first-order valence-electron chi connectivity index (χ1n) is 6.79. The van der Waals surface area contributed by atoms with Crippen molar-refractivity contribution in [2.24, 2.45) is 0 Å². The van der Waals surface area contributed by atoms with Gasteiger partial charge in [-0.05, 0) is 36.4 Å². The molecule has 0 aromatic heterocycles. The van der Waals surface area contributed by atoms with Crippen LogP contribution in [0.3, 0.4) is 0 Å². The first-order valence-corrected chi connectivity index (χ1v) is 10.1. The molecule has 0 aliphatic carbocycles. The second kappa shape index (κ2) is 6.31. The summed E-state index contributed by atoms with van der Waals surface area (Å²) in [6.07, 6.45) is 0. The third-order valence-corrected chi connectivity index (χ3v) is 9.71. The van der Waals surface area contributed by atoms with Gasteiger partial charge in [0.1, 0.15) is 15.9 Å². The molecule has 0 N–H and O–H groups in total. The minimum absolute atomic E-state index is 0.175. The molecule has 3 aromatic rings. The number of benzene rings is 3. The van der Waals surface area contributed by atoms with Crippen LogP contribution in [0.1, 0.15) is 0 Å². The van der Waals surface area contributed by atoms with E-state index in [2.05, 4.69) is 36.4 Å². The third kappa shape index (κ3) is 2.56. The number of hydrogen-bond acceptors (Lipinski definition) is 1. The van der Waals surface area contributed by atoms with Crippen molar-refractivity contribution in [3.05, 3.63) is 91.0 Å².